The first-order chi connectivity index (χ1) is 7.93. The van der Waals surface area contributed by atoms with Crippen LogP contribution >= 0.6 is 0 Å². The smallest absolute Gasteiger partial charge is 0.337 e. The van der Waals surface area contributed by atoms with Crippen LogP contribution in [0.3, 0.4) is 0 Å². The fourth-order valence-corrected chi connectivity index (χ4v) is 2.71. The van der Waals surface area contributed by atoms with Crippen molar-refractivity contribution in [1.82, 2.24) is 0 Å². The summed E-state index contributed by atoms with van der Waals surface area (Å²) in [4.78, 5) is 13.6. The highest BCUT2D eigenvalue weighted by Gasteiger charge is 2.34. The summed E-state index contributed by atoms with van der Waals surface area (Å²) in [5, 5.41) is 9.29. The van der Waals surface area contributed by atoms with Crippen LogP contribution in [0.2, 0.25) is 0 Å². The molecule has 0 amide bonds. The van der Waals surface area contributed by atoms with Gasteiger partial charge in [-0.05, 0) is 45.2 Å². The van der Waals surface area contributed by atoms with Crippen LogP contribution in [0.25, 0.3) is 0 Å². The van der Waals surface area contributed by atoms with Crippen molar-refractivity contribution < 1.29 is 9.90 Å². The van der Waals surface area contributed by atoms with Crippen molar-refractivity contribution in [3.63, 3.8) is 0 Å². The Morgan fingerprint density at radius 3 is 2.65 bits per heavy atom. The molecule has 2 rings (SSSR count). The van der Waals surface area contributed by atoms with Gasteiger partial charge in [0.1, 0.15) is 0 Å². The fraction of sp³-hybridized carbons (Fsp3) is 0.500. The Morgan fingerprint density at radius 1 is 1.41 bits per heavy atom. The molecule has 0 radical (unpaired) electrons. The zero-order valence-electron chi connectivity index (χ0n) is 10.7. The Kier molecular flexibility index (Phi) is 2.86. The molecule has 92 valence electrons. The molecule has 0 unspecified atom stereocenters. The van der Waals surface area contributed by atoms with E-state index in [4.69, 9.17) is 0 Å². The molecule has 1 aromatic rings. The van der Waals surface area contributed by atoms with Crippen LogP contribution in [0.1, 0.15) is 42.6 Å². The average molecular weight is 233 g/mol. The van der Waals surface area contributed by atoms with E-state index in [1.807, 2.05) is 19.1 Å². The predicted molar refractivity (Wildman–Crippen MR) is 68.8 cm³/mol. The molecular formula is C14H19NO2. The second-order valence-corrected chi connectivity index (χ2v) is 5.34. The Morgan fingerprint density at radius 2 is 2.12 bits per heavy atom. The zero-order chi connectivity index (χ0) is 12.6. The summed E-state index contributed by atoms with van der Waals surface area (Å²) in [6, 6.07) is 5.49. The van der Waals surface area contributed by atoms with Gasteiger partial charge < -0.3 is 10.0 Å². The van der Waals surface area contributed by atoms with E-state index in [0.29, 0.717) is 5.56 Å². The van der Waals surface area contributed by atoms with Crippen molar-refractivity contribution in [2.75, 3.05) is 11.4 Å². The lowest BCUT2D eigenvalue weighted by molar-refractivity contribution is 0.0697. The third-order valence-electron chi connectivity index (χ3n) is 3.64. The van der Waals surface area contributed by atoms with Gasteiger partial charge in [-0.25, -0.2) is 4.79 Å². The van der Waals surface area contributed by atoms with Crippen LogP contribution in [0.4, 0.5) is 5.69 Å². The van der Waals surface area contributed by atoms with Gasteiger partial charge in [0.25, 0.3) is 0 Å². The van der Waals surface area contributed by atoms with E-state index in [9.17, 15) is 9.90 Å². The molecule has 0 aliphatic carbocycles. The van der Waals surface area contributed by atoms with Crippen LogP contribution in [0.5, 0.6) is 0 Å². The first-order valence-electron chi connectivity index (χ1n) is 6.04. The molecule has 0 bridgehead atoms. The molecule has 1 saturated heterocycles. The summed E-state index contributed by atoms with van der Waals surface area (Å²) in [5.74, 6) is -0.841. The number of carbonyl (C=O) groups is 1. The van der Waals surface area contributed by atoms with Crippen molar-refractivity contribution in [1.29, 1.82) is 0 Å². The summed E-state index contributed by atoms with van der Waals surface area (Å²) < 4.78 is 0. The number of carboxylic acid groups (broad SMARTS) is 1. The highest BCUT2D eigenvalue weighted by atomic mass is 16.4. The largest absolute Gasteiger partial charge is 0.478 e. The van der Waals surface area contributed by atoms with E-state index in [-0.39, 0.29) is 5.54 Å². The SMILES string of the molecule is Cc1cccc(C(=O)O)c1N1CCCC1(C)C. The number of aryl methyl sites for hydroxylation is 1. The van der Waals surface area contributed by atoms with Crippen LogP contribution in [0, 0.1) is 6.92 Å². The number of nitrogens with zero attached hydrogens (tertiary/aromatic N) is 1. The van der Waals surface area contributed by atoms with E-state index < -0.39 is 5.97 Å². The maximum Gasteiger partial charge on any atom is 0.337 e. The highest BCUT2D eigenvalue weighted by Crippen LogP contribution is 2.37. The van der Waals surface area contributed by atoms with E-state index in [2.05, 4.69) is 18.7 Å². The Labute approximate surface area is 102 Å². The molecule has 1 heterocycles. The summed E-state index contributed by atoms with van der Waals surface area (Å²) in [6.45, 7) is 7.28. The van der Waals surface area contributed by atoms with Crippen LogP contribution in [0.15, 0.2) is 18.2 Å². The molecular weight excluding hydrogens is 214 g/mol. The Hall–Kier alpha value is -1.51. The molecule has 3 nitrogen and oxygen atoms in total. The number of hydrogen-bond donors (Lipinski definition) is 1. The maximum absolute atomic E-state index is 11.3. The van der Waals surface area contributed by atoms with Gasteiger partial charge in [-0.2, -0.15) is 0 Å². The van der Waals surface area contributed by atoms with Crippen molar-refractivity contribution in [2.24, 2.45) is 0 Å². The van der Waals surface area contributed by atoms with Gasteiger partial charge >= 0.3 is 5.97 Å². The standard InChI is InChI=1S/C14H19NO2/c1-10-6-4-7-11(13(16)17)12(10)15-9-5-8-14(15,2)3/h4,6-7H,5,8-9H2,1-3H3,(H,16,17). The number of hydrogen-bond acceptors (Lipinski definition) is 2. The lowest BCUT2D eigenvalue weighted by atomic mass is 9.99. The highest BCUT2D eigenvalue weighted by molar-refractivity contribution is 5.95. The van der Waals surface area contributed by atoms with Gasteiger partial charge in [-0.1, -0.05) is 12.1 Å². The van der Waals surface area contributed by atoms with Gasteiger partial charge in [0.05, 0.1) is 11.3 Å². The van der Waals surface area contributed by atoms with Gasteiger partial charge in [-0.15, -0.1) is 0 Å². The molecule has 1 aliphatic rings. The molecule has 0 saturated carbocycles. The van der Waals surface area contributed by atoms with Crippen LogP contribution in [-0.2, 0) is 0 Å². The van der Waals surface area contributed by atoms with Crippen molar-refractivity contribution in [3.8, 4) is 0 Å². The minimum absolute atomic E-state index is 0.0519. The van der Waals surface area contributed by atoms with Gasteiger partial charge in [0, 0.05) is 12.1 Å². The number of rotatable bonds is 2. The first-order valence-corrected chi connectivity index (χ1v) is 6.04. The Balaban J connectivity index is 2.54. The van der Waals surface area contributed by atoms with Gasteiger partial charge in [0.2, 0.25) is 0 Å². The quantitative estimate of drug-likeness (QED) is 0.853. The minimum Gasteiger partial charge on any atom is -0.478 e. The third kappa shape index (κ3) is 2.02. The van der Waals surface area contributed by atoms with E-state index in [1.54, 1.807) is 6.07 Å². The van der Waals surface area contributed by atoms with Crippen molar-refractivity contribution >= 4 is 11.7 Å². The number of aromatic carboxylic acids is 1. The molecule has 1 aromatic carbocycles. The molecule has 3 heteroatoms. The summed E-state index contributed by atoms with van der Waals surface area (Å²) in [6.07, 6.45) is 2.24. The van der Waals surface area contributed by atoms with E-state index in [0.717, 1.165) is 30.6 Å². The molecule has 1 aliphatic heterocycles. The topological polar surface area (TPSA) is 40.5 Å². The number of benzene rings is 1. The molecule has 0 aromatic heterocycles. The van der Waals surface area contributed by atoms with Crippen LogP contribution in [-0.4, -0.2) is 23.2 Å². The summed E-state index contributed by atoms with van der Waals surface area (Å²) >= 11 is 0. The lowest BCUT2D eigenvalue weighted by Gasteiger charge is -2.35. The number of para-hydroxylation sites is 1. The van der Waals surface area contributed by atoms with Gasteiger partial charge in [-0.3, -0.25) is 0 Å². The van der Waals surface area contributed by atoms with E-state index >= 15 is 0 Å². The second-order valence-electron chi connectivity index (χ2n) is 5.34. The Bertz CT molecular complexity index is 452. The maximum atomic E-state index is 11.3. The molecule has 17 heavy (non-hydrogen) atoms. The van der Waals surface area contributed by atoms with Crippen LogP contribution < -0.4 is 4.90 Å². The molecule has 1 N–H and O–H groups in total. The van der Waals surface area contributed by atoms with E-state index in [1.165, 1.54) is 0 Å². The molecule has 0 spiro atoms. The zero-order valence-corrected chi connectivity index (χ0v) is 10.7. The summed E-state index contributed by atoms with van der Waals surface area (Å²) in [5.41, 5.74) is 2.40. The van der Waals surface area contributed by atoms with Gasteiger partial charge in [0.15, 0.2) is 0 Å². The average Bonchev–Trinajstić information content (AvgIpc) is 2.57. The monoisotopic (exact) mass is 233 g/mol. The third-order valence-corrected chi connectivity index (χ3v) is 3.64. The molecule has 0 atom stereocenters. The van der Waals surface area contributed by atoms with Crippen molar-refractivity contribution in [2.45, 2.75) is 39.2 Å². The number of anilines is 1. The lowest BCUT2D eigenvalue weighted by Crippen LogP contribution is -2.39. The minimum atomic E-state index is -0.841. The number of carboxylic acids is 1. The molecule has 1 fully saturated rings. The fourth-order valence-electron chi connectivity index (χ4n) is 2.71. The normalized spacial score (nSPS) is 18.4. The summed E-state index contributed by atoms with van der Waals surface area (Å²) in [7, 11) is 0. The van der Waals surface area contributed by atoms with Crippen molar-refractivity contribution in [3.05, 3.63) is 29.3 Å². The second kappa shape index (κ2) is 4.06. The first kappa shape index (κ1) is 12.0. The predicted octanol–water partition coefficient (Wildman–Crippen LogP) is 3.07.